The minimum atomic E-state index is -0.771. The first-order valence-electron chi connectivity index (χ1n) is 11.7. The Morgan fingerprint density at radius 3 is 2.83 bits per heavy atom. The van der Waals surface area contributed by atoms with Crippen molar-refractivity contribution in [1.82, 2.24) is 10.2 Å². The maximum atomic E-state index is 12.4. The van der Waals surface area contributed by atoms with E-state index in [2.05, 4.69) is 30.1 Å². The van der Waals surface area contributed by atoms with E-state index in [1.807, 2.05) is 0 Å². The van der Waals surface area contributed by atoms with Gasteiger partial charge in [0.1, 0.15) is 6.10 Å². The highest BCUT2D eigenvalue weighted by Gasteiger charge is 2.72. The Labute approximate surface area is 173 Å². The summed E-state index contributed by atoms with van der Waals surface area (Å²) in [6.07, 6.45) is 6.10. The average molecular weight is 399 g/mol. The van der Waals surface area contributed by atoms with Gasteiger partial charge in [0, 0.05) is 24.2 Å². The second-order valence-corrected chi connectivity index (χ2v) is 10.7. The fourth-order valence-electron chi connectivity index (χ4n) is 7.08. The molecule has 1 aromatic rings. The van der Waals surface area contributed by atoms with Crippen molar-refractivity contribution >= 4 is 0 Å². The smallest absolute Gasteiger partial charge is 0.165 e. The monoisotopic (exact) mass is 398 g/mol. The lowest BCUT2D eigenvalue weighted by molar-refractivity contribution is -0.191. The Balaban J connectivity index is 1.46. The molecule has 1 spiro atoms. The number of aliphatic hydroxyl groups is 1. The van der Waals surface area contributed by atoms with Crippen LogP contribution in [0.2, 0.25) is 0 Å². The average Bonchev–Trinajstić information content (AvgIpc) is 3.42. The van der Waals surface area contributed by atoms with E-state index in [0.717, 1.165) is 56.8 Å². The van der Waals surface area contributed by atoms with Crippen LogP contribution in [-0.2, 0) is 11.8 Å². The Morgan fingerprint density at radius 1 is 1.24 bits per heavy atom. The van der Waals surface area contributed by atoms with E-state index >= 15 is 0 Å². The molecular weight excluding hydrogens is 364 g/mol. The third kappa shape index (κ3) is 2.38. The highest BCUT2D eigenvalue weighted by Crippen LogP contribution is 2.65. The molecule has 5 atom stereocenters. The molecule has 158 valence electrons. The van der Waals surface area contributed by atoms with Gasteiger partial charge >= 0.3 is 0 Å². The Morgan fingerprint density at radius 2 is 2.07 bits per heavy atom. The zero-order valence-electron chi connectivity index (χ0n) is 17.7. The van der Waals surface area contributed by atoms with Crippen LogP contribution in [0.3, 0.4) is 0 Å². The lowest BCUT2D eigenvalue weighted by Crippen LogP contribution is -2.78. The number of rotatable bonds is 5. The van der Waals surface area contributed by atoms with Gasteiger partial charge in [-0.1, -0.05) is 19.9 Å². The Kier molecular flexibility index (Phi) is 3.89. The second kappa shape index (κ2) is 6.12. The van der Waals surface area contributed by atoms with Gasteiger partial charge in [-0.3, -0.25) is 4.90 Å². The van der Waals surface area contributed by atoms with Crippen LogP contribution in [-0.4, -0.2) is 58.5 Å². The first kappa shape index (κ1) is 18.5. The minimum absolute atomic E-state index is 0.104. The molecule has 1 saturated heterocycles. The number of phenolic OH excluding ortho intramolecular Hbond substituents is 1. The maximum Gasteiger partial charge on any atom is 0.165 e. The third-order valence-electron chi connectivity index (χ3n) is 8.55. The molecule has 0 unspecified atom stereocenters. The summed E-state index contributed by atoms with van der Waals surface area (Å²) in [5, 5.41) is 26.8. The molecule has 3 N–H and O–H groups in total. The highest BCUT2D eigenvalue weighted by atomic mass is 16.5. The van der Waals surface area contributed by atoms with Crippen LogP contribution >= 0.6 is 0 Å². The van der Waals surface area contributed by atoms with Crippen molar-refractivity contribution < 1.29 is 14.9 Å². The molecule has 5 heteroatoms. The quantitative estimate of drug-likeness (QED) is 0.712. The number of piperidine rings is 1. The summed E-state index contributed by atoms with van der Waals surface area (Å²) in [7, 11) is 0. The molecule has 3 fully saturated rings. The number of phenols is 1. The molecule has 2 heterocycles. The molecule has 3 aliphatic carbocycles. The van der Waals surface area contributed by atoms with Gasteiger partial charge in [-0.05, 0) is 75.1 Å². The molecule has 2 saturated carbocycles. The largest absolute Gasteiger partial charge is 0.504 e. The zero-order chi connectivity index (χ0) is 20.0. The first-order chi connectivity index (χ1) is 13.9. The summed E-state index contributed by atoms with van der Waals surface area (Å²) in [5.41, 5.74) is 1.24. The summed E-state index contributed by atoms with van der Waals surface area (Å²) >= 11 is 0. The number of benzene rings is 1. The summed E-state index contributed by atoms with van der Waals surface area (Å²) in [6, 6.07) is 4.26. The minimum Gasteiger partial charge on any atom is -0.504 e. The molecular formula is C24H34N2O3. The van der Waals surface area contributed by atoms with Gasteiger partial charge < -0.3 is 20.3 Å². The highest BCUT2D eigenvalue weighted by molar-refractivity contribution is 5.62. The zero-order valence-corrected chi connectivity index (χ0v) is 17.7. The lowest BCUT2D eigenvalue weighted by atomic mass is 9.48. The molecule has 5 aliphatic rings. The lowest BCUT2D eigenvalue weighted by Gasteiger charge is -2.64. The number of aromatic hydroxyl groups is 1. The van der Waals surface area contributed by atoms with E-state index in [1.54, 1.807) is 6.07 Å². The molecule has 5 nitrogen and oxygen atoms in total. The van der Waals surface area contributed by atoms with E-state index in [9.17, 15) is 10.2 Å². The van der Waals surface area contributed by atoms with Crippen LogP contribution in [0.5, 0.6) is 11.5 Å². The molecule has 1 aromatic carbocycles. The topological polar surface area (TPSA) is 65.0 Å². The summed E-state index contributed by atoms with van der Waals surface area (Å²) in [6.45, 7) is 7.56. The van der Waals surface area contributed by atoms with Gasteiger partial charge in [-0.2, -0.15) is 0 Å². The Bertz CT molecular complexity index is 838. The standard InChI is InChI=1S/C24H34N2O3/c1-14(2)12-25-17-7-8-24(28)19-11-16-5-6-18(27)21-20(16)23(24,22(17)29-21)9-10-26(19)13-15-3-4-15/h5-6,14-15,17,19,22,25,27-28H,3-4,7-13H2,1-2H3/t17-,19+,22+,23+,24-/m1/s1. The summed E-state index contributed by atoms with van der Waals surface area (Å²) in [5.74, 6) is 2.28. The van der Waals surface area contributed by atoms with E-state index in [1.165, 1.54) is 18.4 Å². The van der Waals surface area contributed by atoms with E-state index < -0.39 is 11.0 Å². The van der Waals surface area contributed by atoms with Crippen LogP contribution in [0.1, 0.15) is 57.1 Å². The van der Waals surface area contributed by atoms with Crippen LogP contribution in [0.25, 0.3) is 0 Å². The van der Waals surface area contributed by atoms with Crippen molar-refractivity contribution in [3.05, 3.63) is 23.3 Å². The molecule has 29 heavy (non-hydrogen) atoms. The van der Waals surface area contributed by atoms with Gasteiger partial charge in [-0.25, -0.2) is 0 Å². The molecule has 2 aliphatic heterocycles. The van der Waals surface area contributed by atoms with Gasteiger partial charge in [-0.15, -0.1) is 0 Å². The number of ether oxygens (including phenoxy) is 1. The number of likely N-dealkylation sites (tertiary alicyclic amines) is 1. The van der Waals surface area contributed by atoms with Gasteiger partial charge in [0.05, 0.1) is 11.0 Å². The predicted molar refractivity (Wildman–Crippen MR) is 111 cm³/mol. The normalized spacial score (nSPS) is 40.1. The second-order valence-electron chi connectivity index (χ2n) is 10.7. The van der Waals surface area contributed by atoms with Crippen molar-refractivity contribution in [3.8, 4) is 11.5 Å². The predicted octanol–water partition coefficient (Wildman–Crippen LogP) is 2.57. The van der Waals surface area contributed by atoms with E-state index in [-0.39, 0.29) is 23.9 Å². The van der Waals surface area contributed by atoms with Crippen molar-refractivity contribution in [1.29, 1.82) is 0 Å². The fourth-order valence-corrected chi connectivity index (χ4v) is 7.08. The molecule has 0 amide bonds. The van der Waals surface area contributed by atoms with Gasteiger partial charge in [0.2, 0.25) is 0 Å². The summed E-state index contributed by atoms with van der Waals surface area (Å²) < 4.78 is 6.56. The third-order valence-corrected chi connectivity index (χ3v) is 8.55. The number of nitrogens with one attached hydrogen (secondary N) is 1. The Hall–Kier alpha value is -1.30. The van der Waals surface area contributed by atoms with Crippen LogP contribution < -0.4 is 10.1 Å². The number of hydrogen-bond donors (Lipinski definition) is 3. The number of hydrogen-bond acceptors (Lipinski definition) is 5. The molecule has 0 radical (unpaired) electrons. The van der Waals surface area contributed by atoms with Crippen LogP contribution in [0, 0.1) is 11.8 Å². The van der Waals surface area contributed by atoms with Crippen LogP contribution in [0.15, 0.2) is 12.1 Å². The number of nitrogens with zero attached hydrogens (tertiary/aromatic N) is 1. The fraction of sp³-hybridized carbons (Fsp3) is 0.750. The molecule has 6 rings (SSSR count). The van der Waals surface area contributed by atoms with Crippen molar-refractivity contribution in [3.63, 3.8) is 0 Å². The molecule has 0 aromatic heterocycles. The summed E-state index contributed by atoms with van der Waals surface area (Å²) in [4.78, 5) is 2.59. The maximum absolute atomic E-state index is 12.4. The van der Waals surface area contributed by atoms with Crippen LogP contribution in [0.4, 0.5) is 0 Å². The van der Waals surface area contributed by atoms with E-state index in [0.29, 0.717) is 11.7 Å². The van der Waals surface area contributed by atoms with Crippen molar-refractivity contribution in [2.24, 2.45) is 11.8 Å². The van der Waals surface area contributed by atoms with Crippen molar-refractivity contribution in [2.75, 3.05) is 19.6 Å². The van der Waals surface area contributed by atoms with E-state index in [4.69, 9.17) is 4.74 Å². The van der Waals surface area contributed by atoms with Gasteiger partial charge in [0.25, 0.3) is 0 Å². The van der Waals surface area contributed by atoms with Crippen molar-refractivity contribution in [2.45, 2.75) is 81.6 Å². The molecule has 2 bridgehead atoms. The SMILES string of the molecule is CC(C)CN[C@@H]1CC[C@@]2(O)[C@@H]3Cc4ccc(O)c5c4[C@@]2(CCN3CC2CC2)[C@H]1O5. The van der Waals surface area contributed by atoms with Gasteiger partial charge in [0.15, 0.2) is 11.5 Å². The first-order valence-corrected chi connectivity index (χ1v) is 11.7.